The number of nitrogens with zero attached hydrogens (tertiary/aromatic N) is 1. The topological polar surface area (TPSA) is 47.7 Å². The predicted molar refractivity (Wildman–Crippen MR) is 86.8 cm³/mol. The molecule has 118 valence electrons. The van der Waals surface area contributed by atoms with E-state index in [1.54, 1.807) is 0 Å². The highest BCUT2D eigenvalue weighted by Crippen LogP contribution is 2.24. The Labute approximate surface area is 128 Å². The van der Waals surface area contributed by atoms with E-state index in [1.165, 1.54) is 5.56 Å². The van der Waals surface area contributed by atoms with Crippen LogP contribution in [0, 0.1) is 0 Å². The summed E-state index contributed by atoms with van der Waals surface area (Å²) in [6, 6.07) is 6.61. The lowest BCUT2D eigenvalue weighted by atomic mass is 10.0. The van der Waals surface area contributed by atoms with E-state index in [-0.39, 0.29) is 0 Å². The van der Waals surface area contributed by atoms with Gasteiger partial charge in [0.05, 0.1) is 24.5 Å². The molecule has 1 fully saturated rings. The highest BCUT2D eigenvalue weighted by Gasteiger charge is 2.25. The molecule has 3 unspecified atom stereocenters. The van der Waals surface area contributed by atoms with E-state index in [2.05, 4.69) is 31.7 Å². The van der Waals surface area contributed by atoms with Crippen LogP contribution in [0.2, 0.25) is 0 Å². The van der Waals surface area contributed by atoms with Gasteiger partial charge in [-0.25, -0.2) is 0 Å². The van der Waals surface area contributed by atoms with Crippen molar-refractivity contribution in [1.82, 2.24) is 4.90 Å². The van der Waals surface area contributed by atoms with Gasteiger partial charge >= 0.3 is 0 Å². The SMILES string of the molecule is CCOc1ccc(CC(C)N2CC(C)OC(C)C2)cc1N. The number of morpholine rings is 1. The Morgan fingerprint density at radius 1 is 1.33 bits per heavy atom. The molecule has 1 aromatic rings. The van der Waals surface area contributed by atoms with Gasteiger partial charge in [0.25, 0.3) is 0 Å². The molecule has 1 aromatic carbocycles. The number of hydrogen-bond donors (Lipinski definition) is 1. The third-order valence-electron chi connectivity index (χ3n) is 3.98. The van der Waals surface area contributed by atoms with Crippen LogP contribution in [-0.2, 0) is 11.2 Å². The predicted octanol–water partition coefficient (Wildman–Crippen LogP) is 2.71. The Bertz CT molecular complexity index is 454. The maximum atomic E-state index is 6.05. The van der Waals surface area contributed by atoms with Crippen molar-refractivity contribution in [3.63, 3.8) is 0 Å². The Morgan fingerprint density at radius 3 is 2.57 bits per heavy atom. The molecule has 0 spiro atoms. The van der Waals surface area contributed by atoms with E-state index in [0.29, 0.717) is 24.9 Å². The number of rotatable bonds is 5. The quantitative estimate of drug-likeness (QED) is 0.848. The van der Waals surface area contributed by atoms with Gasteiger partial charge in [-0.1, -0.05) is 6.07 Å². The molecule has 0 amide bonds. The summed E-state index contributed by atoms with van der Waals surface area (Å²) in [5, 5.41) is 0. The van der Waals surface area contributed by atoms with E-state index in [1.807, 2.05) is 19.1 Å². The van der Waals surface area contributed by atoms with Crippen LogP contribution in [0.5, 0.6) is 5.75 Å². The lowest BCUT2D eigenvalue weighted by Crippen LogP contribution is -2.49. The monoisotopic (exact) mass is 292 g/mol. The first-order chi connectivity index (χ1) is 9.99. The van der Waals surface area contributed by atoms with Crippen LogP contribution in [-0.4, -0.2) is 42.8 Å². The van der Waals surface area contributed by atoms with Crippen LogP contribution >= 0.6 is 0 Å². The summed E-state index contributed by atoms with van der Waals surface area (Å²) in [7, 11) is 0. The summed E-state index contributed by atoms with van der Waals surface area (Å²) in [4.78, 5) is 2.51. The summed E-state index contributed by atoms with van der Waals surface area (Å²) in [5.41, 5.74) is 8.03. The van der Waals surface area contributed by atoms with Crippen LogP contribution in [0.1, 0.15) is 33.3 Å². The second-order valence-electron chi connectivity index (χ2n) is 6.07. The average molecular weight is 292 g/mol. The third kappa shape index (κ3) is 4.35. The number of nitrogens with two attached hydrogens (primary N) is 1. The molecule has 1 aliphatic rings. The van der Waals surface area contributed by atoms with Crippen molar-refractivity contribution in [3.8, 4) is 5.75 Å². The zero-order chi connectivity index (χ0) is 15.4. The fourth-order valence-corrected chi connectivity index (χ4v) is 3.06. The second-order valence-corrected chi connectivity index (χ2v) is 6.07. The smallest absolute Gasteiger partial charge is 0.142 e. The van der Waals surface area contributed by atoms with Crippen molar-refractivity contribution < 1.29 is 9.47 Å². The molecular formula is C17H28N2O2. The first-order valence-corrected chi connectivity index (χ1v) is 7.90. The number of anilines is 1. The van der Waals surface area contributed by atoms with Crippen LogP contribution in [0.3, 0.4) is 0 Å². The number of nitrogen functional groups attached to an aromatic ring is 1. The summed E-state index contributed by atoms with van der Waals surface area (Å²) < 4.78 is 11.3. The van der Waals surface area contributed by atoms with E-state index in [4.69, 9.17) is 15.2 Å². The minimum atomic E-state index is 0.307. The van der Waals surface area contributed by atoms with E-state index in [9.17, 15) is 0 Å². The van der Waals surface area contributed by atoms with Gasteiger partial charge in [0.2, 0.25) is 0 Å². The molecule has 1 heterocycles. The third-order valence-corrected chi connectivity index (χ3v) is 3.98. The first kappa shape index (κ1) is 16.1. The van der Waals surface area contributed by atoms with Crippen molar-refractivity contribution in [2.45, 2.75) is 52.4 Å². The van der Waals surface area contributed by atoms with Gasteiger partial charge in [0.1, 0.15) is 5.75 Å². The Balaban J connectivity index is 1.98. The maximum absolute atomic E-state index is 6.05. The van der Waals surface area contributed by atoms with Gasteiger partial charge in [-0.05, 0) is 51.8 Å². The highest BCUT2D eigenvalue weighted by molar-refractivity contribution is 5.54. The summed E-state index contributed by atoms with van der Waals surface area (Å²) in [6.07, 6.45) is 1.61. The summed E-state index contributed by atoms with van der Waals surface area (Å²) in [5.74, 6) is 0.780. The Hall–Kier alpha value is -1.26. The molecule has 0 aliphatic carbocycles. The Kier molecular flexibility index (Phi) is 5.48. The number of ether oxygens (including phenoxy) is 2. The van der Waals surface area contributed by atoms with Crippen LogP contribution in [0.4, 0.5) is 5.69 Å². The number of benzene rings is 1. The van der Waals surface area contributed by atoms with Crippen LogP contribution in [0.15, 0.2) is 18.2 Å². The molecule has 1 saturated heterocycles. The second kappa shape index (κ2) is 7.14. The lowest BCUT2D eigenvalue weighted by molar-refractivity contribution is -0.0782. The molecule has 1 aliphatic heterocycles. The van der Waals surface area contributed by atoms with Crippen molar-refractivity contribution in [1.29, 1.82) is 0 Å². The molecule has 4 nitrogen and oxygen atoms in total. The van der Waals surface area contributed by atoms with Gasteiger partial charge < -0.3 is 15.2 Å². The maximum Gasteiger partial charge on any atom is 0.142 e. The van der Waals surface area contributed by atoms with Gasteiger partial charge in [0.15, 0.2) is 0 Å². The molecule has 0 bridgehead atoms. The zero-order valence-electron chi connectivity index (χ0n) is 13.6. The fourth-order valence-electron chi connectivity index (χ4n) is 3.06. The van der Waals surface area contributed by atoms with Gasteiger partial charge in [-0.2, -0.15) is 0 Å². The molecule has 4 heteroatoms. The van der Waals surface area contributed by atoms with E-state index < -0.39 is 0 Å². The zero-order valence-corrected chi connectivity index (χ0v) is 13.6. The van der Waals surface area contributed by atoms with Crippen LogP contribution in [0.25, 0.3) is 0 Å². The standard InChI is InChI=1S/C17H28N2O2/c1-5-20-17-7-6-15(9-16(17)18)8-12(2)19-10-13(3)21-14(4)11-19/h6-7,9,12-14H,5,8,10-11,18H2,1-4H3. The minimum Gasteiger partial charge on any atom is -0.492 e. The largest absolute Gasteiger partial charge is 0.492 e. The summed E-state index contributed by atoms with van der Waals surface area (Å²) in [6.45, 7) is 11.2. The van der Waals surface area contributed by atoms with Crippen molar-refractivity contribution in [2.75, 3.05) is 25.4 Å². The van der Waals surface area contributed by atoms with Gasteiger partial charge in [-0.3, -0.25) is 4.90 Å². The van der Waals surface area contributed by atoms with Gasteiger partial charge in [0, 0.05) is 19.1 Å². The van der Waals surface area contributed by atoms with E-state index in [0.717, 1.165) is 30.9 Å². The molecule has 2 rings (SSSR count). The molecule has 2 N–H and O–H groups in total. The normalized spacial score (nSPS) is 24.8. The minimum absolute atomic E-state index is 0.307. The summed E-state index contributed by atoms with van der Waals surface area (Å²) >= 11 is 0. The highest BCUT2D eigenvalue weighted by atomic mass is 16.5. The van der Waals surface area contributed by atoms with Crippen molar-refractivity contribution >= 4 is 5.69 Å². The first-order valence-electron chi connectivity index (χ1n) is 7.90. The Morgan fingerprint density at radius 2 is 2.00 bits per heavy atom. The fraction of sp³-hybridized carbons (Fsp3) is 0.647. The molecule has 0 saturated carbocycles. The van der Waals surface area contributed by atoms with Gasteiger partial charge in [-0.15, -0.1) is 0 Å². The van der Waals surface area contributed by atoms with Crippen molar-refractivity contribution in [2.24, 2.45) is 0 Å². The number of hydrogen-bond acceptors (Lipinski definition) is 4. The average Bonchev–Trinajstić information content (AvgIpc) is 2.41. The van der Waals surface area contributed by atoms with Crippen LogP contribution < -0.4 is 10.5 Å². The van der Waals surface area contributed by atoms with Crippen molar-refractivity contribution in [3.05, 3.63) is 23.8 Å². The lowest BCUT2D eigenvalue weighted by Gasteiger charge is -2.39. The molecule has 0 radical (unpaired) electrons. The molecule has 3 atom stereocenters. The molecule has 0 aromatic heterocycles. The van der Waals surface area contributed by atoms with E-state index >= 15 is 0 Å². The molecular weight excluding hydrogens is 264 g/mol. The molecule has 21 heavy (non-hydrogen) atoms.